The summed E-state index contributed by atoms with van der Waals surface area (Å²) in [4.78, 5) is 14.8. The zero-order chi connectivity index (χ0) is 27.5. The van der Waals surface area contributed by atoms with Crippen LogP contribution in [-0.4, -0.2) is 54.7 Å². The second kappa shape index (κ2) is 11.3. The van der Waals surface area contributed by atoms with E-state index in [9.17, 15) is 0 Å². The van der Waals surface area contributed by atoms with Gasteiger partial charge in [-0.3, -0.25) is 4.90 Å². The van der Waals surface area contributed by atoms with Crippen LogP contribution in [0, 0.1) is 0 Å². The molecular weight excluding hydrogens is 536 g/mol. The summed E-state index contributed by atoms with van der Waals surface area (Å²) < 4.78 is 38.9. The fourth-order valence-electron chi connectivity index (χ4n) is 5.32. The summed E-state index contributed by atoms with van der Waals surface area (Å²) in [7, 11) is 0. The van der Waals surface area contributed by atoms with Crippen LogP contribution >= 0.6 is 11.6 Å². The van der Waals surface area contributed by atoms with Crippen molar-refractivity contribution in [1.29, 1.82) is 0 Å². The van der Waals surface area contributed by atoms with Crippen LogP contribution in [0.2, 0.25) is 5.02 Å². The Kier molecular flexibility index (Phi) is 7.44. The molecule has 40 heavy (non-hydrogen) atoms. The van der Waals surface area contributed by atoms with Gasteiger partial charge in [0, 0.05) is 23.8 Å². The lowest BCUT2D eigenvalue weighted by Gasteiger charge is -2.40. The number of nitrogens with one attached hydrogen (secondary N) is 1. The number of aromatic nitrogens is 5. The molecular formula is C29H28ClF2N7O. The second-order valence-electron chi connectivity index (χ2n) is 9.99. The van der Waals surface area contributed by atoms with E-state index >= 15 is 8.78 Å². The topological polar surface area (TPSA) is 84.9 Å². The number of benzene rings is 2. The number of rotatable bonds is 9. The van der Waals surface area contributed by atoms with Crippen molar-refractivity contribution in [2.24, 2.45) is 0 Å². The molecule has 0 saturated carbocycles. The molecule has 0 spiro atoms. The lowest BCUT2D eigenvalue weighted by atomic mass is 9.95. The number of fused-ring (bicyclic) bond motifs is 1. The highest BCUT2D eigenvalue weighted by atomic mass is 35.5. The fourth-order valence-corrected chi connectivity index (χ4v) is 5.51. The van der Waals surface area contributed by atoms with Crippen molar-refractivity contribution >= 4 is 28.5 Å². The maximum Gasteiger partial charge on any atom is 0.280 e. The Labute approximate surface area is 235 Å². The molecule has 1 unspecified atom stereocenters. The number of hydrogen-bond acceptors (Lipinski definition) is 7. The minimum Gasteiger partial charge on any atom is -0.440 e. The van der Waals surface area contributed by atoms with Crippen molar-refractivity contribution in [3.8, 4) is 5.69 Å². The van der Waals surface area contributed by atoms with E-state index in [1.54, 1.807) is 23.1 Å². The van der Waals surface area contributed by atoms with E-state index in [4.69, 9.17) is 16.0 Å². The summed E-state index contributed by atoms with van der Waals surface area (Å²) in [5.41, 5.74) is 3.51. The Balaban J connectivity index is 1.20. The molecule has 3 aromatic heterocycles. The minimum absolute atomic E-state index is 0.264. The Morgan fingerprint density at radius 3 is 2.80 bits per heavy atom. The van der Waals surface area contributed by atoms with Gasteiger partial charge in [-0.1, -0.05) is 48.4 Å². The van der Waals surface area contributed by atoms with Crippen molar-refractivity contribution in [2.75, 3.05) is 18.4 Å². The number of oxazole rings is 1. The van der Waals surface area contributed by atoms with Crippen molar-refractivity contribution in [1.82, 2.24) is 29.6 Å². The molecule has 0 bridgehead atoms. The third-order valence-corrected chi connectivity index (χ3v) is 7.46. The van der Waals surface area contributed by atoms with Gasteiger partial charge < -0.3 is 9.73 Å². The van der Waals surface area contributed by atoms with E-state index in [1.807, 2.05) is 47.4 Å². The number of nitrogens with zero attached hydrogens (tertiary/aromatic N) is 6. The average Bonchev–Trinajstić information content (AvgIpc) is 3.63. The van der Waals surface area contributed by atoms with Gasteiger partial charge >= 0.3 is 0 Å². The van der Waals surface area contributed by atoms with Gasteiger partial charge in [0.05, 0.1) is 24.7 Å². The second-order valence-corrected chi connectivity index (χ2v) is 10.4. The number of pyridine rings is 1. The van der Waals surface area contributed by atoms with Crippen molar-refractivity contribution in [3.05, 3.63) is 95.5 Å². The molecule has 0 amide bonds. The van der Waals surface area contributed by atoms with Crippen molar-refractivity contribution in [2.45, 2.75) is 44.2 Å². The number of halogens is 3. The third-order valence-electron chi connectivity index (χ3n) is 7.22. The molecule has 0 radical (unpaired) electrons. The van der Waals surface area contributed by atoms with E-state index in [0.29, 0.717) is 47.9 Å². The summed E-state index contributed by atoms with van der Waals surface area (Å²) in [6, 6.07) is 16.0. The summed E-state index contributed by atoms with van der Waals surface area (Å²) in [6.45, 7) is 0.597. The Hall–Kier alpha value is -3.89. The minimum atomic E-state index is -2.97. The van der Waals surface area contributed by atoms with Crippen molar-refractivity contribution < 1.29 is 13.2 Å². The number of anilines is 1. The standard InChI is InChI=1S/C29H28ClF2N7O/c30-22-9-10-23(39-19-33-18-36-39)21(14-22)15-26-37-27-24(40-26)11-12-34-28(27)35-17-29(31,32)25-8-4-5-13-38(25)16-20-6-2-1-3-7-20/h1-3,6-7,9-12,14,18-19,25H,4-5,8,13,15-17H2,(H,34,35). The highest BCUT2D eigenvalue weighted by Gasteiger charge is 2.44. The van der Waals surface area contributed by atoms with E-state index in [2.05, 4.69) is 25.4 Å². The van der Waals surface area contributed by atoms with Gasteiger partial charge in [-0.2, -0.15) is 5.10 Å². The molecule has 1 aliphatic heterocycles. The van der Waals surface area contributed by atoms with Gasteiger partial charge in [-0.05, 0) is 48.7 Å². The summed E-state index contributed by atoms with van der Waals surface area (Å²) in [6.07, 6.45) is 7.04. The van der Waals surface area contributed by atoms with Crippen LogP contribution < -0.4 is 5.32 Å². The zero-order valence-corrected chi connectivity index (χ0v) is 22.4. The molecule has 11 heteroatoms. The van der Waals surface area contributed by atoms with Crippen LogP contribution in [0.5, 0.6) is 0 Å². The van der Waals surface area contributed by atoms with Gasteiger partial charge in [0.25, 0.3) is 5.92 Å². The van der Waals surface area contributed by atoms with Crippen LogP contribution in [-0.2, 0) is 13.0 Å². The third kappa shape index (κ3) is 5.68. The maximum absolute atomic E-state index is 15.7. The van der Waals surface area contributed by atoms with Gasteiger partial charge in [-0.15, -0.1) is 0 Å². The number of likely N-dealkylation sites (tertiary alicyclic amines) is 1. The average molecular weight is 564 g/mol. The summed E-state index contributed by atoms with van der Waals surface area (Å²) in [5.74, 6) is -2.30. The molecule has 5 aromatic rings. The van der Waals surface area contributed by atoms with Crippen LogP contribution in [0.3, 0.4) is 0 Å². The lowest BCUT2D eigenvalue weighted by molar-refractivity contribution is -0.0867. The molecule has 1 aliphatic rings. The van der Waals surface area contributed by atoms with Crippen molar-refractivity contribution in [3.63, 3.8) is 0 Å². The highest BCUT2D eigenvalue weighted by Crippen LogP contribution is 2.33. The van der Waals surface area contributed by atoms with Crippen LogP contribution in [0.15, 0.2) is 77.9 Å². The Morgan fingerprint density at radius 2 is 1.98 bits per heavy atom. The Bertz CT molecular complexity index is 1580. The van der Waals surface area contributed by atoms with E-state index in [0.717, 1.165) is 29.7 Å². The number of alkyl halides is 2. The van der Waals surface area contributed by atoms with Gasteiger partial charge in [-0.25, -0.2) is 28.4 Å². The van der Waals surface area contributed by atoms with Crippen LogP contribution in [0.25, 0.3) is 16.8 Å². The largest absolute Gasteiger partial charge is 0.440 e. The molecule has 8 nitrogen and oxygen atoms in total. The summed E-state index contributed by atoms with van der Waals surface area (Å²) in [5, 5.41) is 7.64. The van der Waals surface area contributed by atoms with E-state index in [1.165, 1.54) is 12.5 Å². The van der Waals surface area contributed by atoms with Crippen LogP contribution in [0.4, 0.5) is 14.6 Å². The lowest BCUT2D eigenvalue weighted by Crippen LogP contribution is -2.52. The van der Waals surface area contributed by atoms with Gasteiger partial charge in [0.1, 0.15) is 12.7 Å². The molecule has 6 rings (SSSR count). The maximum atomic E-state index is 15.7. The SMILES string of the molecule is FC(F)(CNc1nccc2oc(Cc3cc(Cl)ccc3-n3cncn3)nc12)C1CCCCN1Cc1ccccc1. The predicted octanol–water partition coefficient (Wildman–Crippen LogP) is 6.15. The molecule has 2 aromatic carbocycles. The quantitative estimate of drug-likeness (QED) is 0.230. The molecule has 0 aliphatic carbocycles. The summed E-state index contributed by atoms with van der Waals surface area (Å²) >= 11 is 6.26. The Morgan fingerprint density at radius 1 is 1.10 bits per heavy atom. The molecule has 4 heterocycles. The first-order valence-electron chi connectivity index (χ1n) is 13.2. The fraction of sp³-hybridized carbons (Fsp3) is 0.310. The van der Waals surface area contributed by atoms with Gasteiger partial charge in [0.2, 0.25) is 0 Å². The molecule has 1 N–H and O–H groups in total. The first kappa shape index (κ1) is 26.3. The van der Waals surface area contributed by atoms with E-state index in [-0.39, 0.29) is 5.82 Å². The van der Waals surface area contributed by atoms with Crippen LogP contribution in [0.1, 0.15) is 36.3 Å². The number of piperidine rings is 1. The van der Waals surface area contributed by atoms with Gasteiger partial charge in [0.15, 0.2) is 22.8 Å². The zero-order valence-electron chi connectivity index (χ0n) is 21.7. The highest BCUT2D eigenvalue weighted by molar-refractivity contribution is 6.30. The predicted molar refractivity (Wildman–Crippen MR) is 149 cm³/mol. The smallest absolute Gasteiger partial charge is 0.280 e. The molecule has 206 valence electrons. The molecule has 1 saturated heterocycles. The monoisotopic (exact) mass is 563 g/mol. The first-order chi connectivity index (χ1) is 19.5. The first-order valence-corrected chi connectivity index (χ1v) is 13.6. The van der Waals surface area contributed by atoms with E-state index < -0.39 is 18.5 Å². The molecule has 1 atom stereocenters. The molecule has 1 fully saturated rings. The number of hydrogen-bond donors (Lipinski definition) is 1. The normalized spacial score (nSPS) is 16.4.